The van der Waals surface area contributed by atoms with Crippen molar-refractivity contribution in [1.82, 2.24) is 10.3 Å². The molecule has 0 bridgehead atoms. The minimum absolute atomic E-state index is 0.158. The summed E-state index contributed by atoms with van der Waals surface area (Å²) >= 11 is 0. The number of rotatable bonds is 4. The monoisotopic (exact) mass is 248 g/mol. The Bertz CT molecular complexity index is 386. The van der Waals surface area contributed by atoms with Gasteiger partial charge in [0.25, 0.3) is 0 Å². The summed E-state index contributed by atoms with van der Waals surface area (Å²) in [5, 5.41) is 3.04. The van der Waals surface area contributed by atoms with Gasteiger partial charge in [-0.2, -0.15) is 0 Å². The van der Waals surface area contributed by atoms with Crippen LogP contribution in [0.3, 0.4) is 0 Å². The smallest absolute Gasteiger partial charge is 0.226 e. The van der Waals surface area contributed by atoms with Crippen molar-refractivity contribution in [2.45, 2.75) is 32.7 Å². The lowest BCUT2D eigenvalue weighted by Gasteiger charge is -2.34. The summed E-state index contributed by atoms with van der Waals surface area (Å²) in [7, 11) is 0. The van der Waals surface area contributed by atoms with Gasteiger partial charge in [0, 0.05) is 32.2 Å². The Morgan fingerprint density at radius 1 is 1.39 bits per heavy atom. The number of aromatic nitrogens is 1. The molecule has 0 spiro atoms. The molecule has 1 aliphatic rings. The van der Waals surface area contributed by atoms with Gasteiger partial charge in [-0.3, -0.25) is 9.78 Å². The second kappa shape index (κ2) is 5.96. The molecule has 2 rings (SSSR count). The number of nitrogens with one attached hydrogen (secondary N) is 1. The fourth-order valence-corrected chi connectivity index (χ4v) is 2.37. The summed E-state index contributed by atoms with van der Waals surface area (Å²) in [6, 6.07) is 3.84. The zero-order chi connectivity index (χ0) is 12.8. The number of nitrogens with zero attached hydrogens (tertiary/aromatic N) is 1. The first-order chi connectivity index (χ1) is 8.77. The van der Waals surface area contributed by atoms with Crippen molar-refractivity contribution in [3.63, 3.8) is 0 Å². The van der Waals surface area contributed by atoms with Crippen LogP contribution >= 0.6 is 0 Å². The van der Waals surface area contributed by atoms with E-state index in [1.165, 1.54) is 0 Å². The van der Waals surface area contributed by atoms with Crippen molar-refractivity contribution in [3.05, 3.63) is 30.1 Å². The highest BCUT2D eigenvalue weighted by Gasteiger charge is 2.37. The molecule has 4 nitrogen and oxygen atoms in total. The Labute approximate surface area is 108 Å². The van der Waals surface area contributed by atoms with Gasteiger partial charge >= 0.3 is 0 Å². The Hall–Kier alpha value is -1.42. The van der Waals surface area contributed by atoms with Crippen LogP contribution in [-0.2, 0) is 16.1 Å². The SMILES string of the molecule is CCC1(C(=O)NCc2ccncc2)CCOCC1. The van der Waals surface area contributed by atoms with Gasteiger partial charge in [-0.25, -0.2) is 0 Å². The standard InChI is InChI=1S/C14H20N2O2/c1-2-14(5-9-18-10-6-14)13(17)16-11-12-3-7-15-8-4-12/h3-4,7-8H,2,5-6,9-11H2,1H3,(H,16,17). The van der Waals surface area contributed by atoms with Crippen LogP contribution in [0.1, 0.15) is 31.7 Å². The fraction of sp³-hybridized carbons (Fsp3) is 0.571. The summed E-state index contributed by atoms with van der Waals surface area (Å²) in [5.74, 6) is 0.158. The van der Waals surface area contributed by atoms with E-state index in [0.29, 0.717) is 19.8 Å². The van der Waals surface area contributed by atoms with Crippen LogP contribution in [0.5, 0.6) is 0 Å². The molecule has 0 aromatic carbocycles. The van der Waals surface area contributed by atoms with Gasteiger partial charge in [0.2, 0.25) is 5.91 Å². The highest BCUT2D eigenvalue weighted by atomic mass is 16.5. The Morgan fingerprint density at radius 3 is 2.67 bits per heavy atom. The van der Waals surface area contributed by atoms with E-state index in [9.17, 15) is 4.79 Å². The van der Waals surface area contributed by atoms with E-state index in [1.54, 1.807) is 12.4 Å². The molecule has 0 unspecified atom stereocenters. The van der Waals surface area contributed by atoms with Crippen LogP contribution in [0, 0.1) is 5.41 Å². The summed E-state index contributed by atoms with van der Waals surface area (Å²) in [6.07, 6.45) is 6.01. The van der Waals surface area contributed by atoms with Gasteiger partial charge in [0.05, 0.1) is 5.41 Å². The number of ether oxygens (including phenoxy) is 1. The molecule has 18 heavy (non-hydrogen) atoms. The van der Waals surface area contributed by atoms with Gasteiger partial charge in [-0.15, -0.1) is 0 Å². The molecule has 1 fully saturated rings. The van der Waals surface area contributed by atoms with E-state index in [2.05, 4.69) is 17.2 Å². The van der Waals surface area contributed by atoms with Crippen LogP contribution in [0.25, 0.3) is 0 Å². The second-order valence-corrected chi connectivity index (χ2v) is 4.78. The minimum Gasteiger partial charge on any atom is -0.381 e. The van der Waals surface area contributed by atoms with Crippen molar-refractivity contribution in [2.24, 2.45) is 5.41 Å². The maximum absolute atomic E-state index is 12.3. The van der Waals surface area contributed by atoms with E-state index in [4.69, 9.17) is 4.74 Å². The fourth-order valence-electron chi connectivity index (χ4n) is 2.37. The molecule has 1 saturated heterocycles. The van der Waals surface area contributed by atoms with E-state index >= 15 is 0 Å². The zero-order valence-corrected chi connectivity index (χ0v) is 10.8. The van der Waals surface area contributed by atoms with E-state index in [1.807, 2.05) is 12.1 Å². The van der Waals surface area contributed by atoms with Crippen molar-refractivity contribution in [1.29, 1.82) is 0 Å². The third kappa shape index (κ3) is 2.88. The molecular weight excluding hydrogens is 228 g/mol. The summed E-state index contributed by atoms with van der Waals surface area (Å²) in [4.78, 5) is 16.3. The Kier molecular flexibility index (Phi) is 4.31. The molecule has 0 aliphatic carbocycles. The molecule has 0 saturated carbocycles. The van der Waals surface area contributed by atoms with Gasteiger partial charge in [-0.05, 0) is 37.0 Å². The third-order valence-electron chi connectivity index (χ3n) is 3.81. The van der Waals surface area contributed by atoms with Crippen LogP contribution in [0.4, 0.5) is 0 Å². The summed E-state index contributed by atoms with van der Waals surface area (Å²) < 4.78 is 5.35. The van der Waals surface area contributed by atoms with Gasteiger partial charge in [0.15, 0.2) is 0 Å². The molecule has 0 atom stereocenters. The normalized spacial score (nSPS) is 18.3. The number of hydrogen-bond donors (Lipinski definition) is 1. The van der Waals surface area contributed by atoms with Crippen molar-refractivity contribution in [2.75, 3.05) is 13.2 Å². The quantitative estimate of drug-likeness (QED) is 0.885. The predicted molar refractivity (Wildman–Crippen MR) is 68.9 cm³/mol. The van der Waals surface area contributed by atoms with Gasteiger partial charge in [-0.1, -0.05) is 6.92 Å². The molecular formula is C14H20N2O2. The lowest BCUT2D eigenvalue weighted by atomic mass is 9.77. The number of hydrogen-bond acceptors (Lipinski definition) is 3. The molecule has 1 amide bonds. The van der Waals surface area contributed by atoms with Gasteiger partial charge < -0.3 is 10.1 Å². The maximum Gasteiger partial charge on any atom is 0.226 e. The largest absolute Gasteiger partial charge is 0.381 e. The maximum atomic E-state index is 12.3. The third-order valence-corrected chi connectivity index (χ3v) is 3.81. The van der Waals surface area contributed by atoms with E-state index < -0.39 is 0 Å². The van der Waals surface area contributed by atoms with Crippen molar-refractivity contribution < 1.29 is 9.53 Å². The molecule has 1 aliphatic heterocycles. The molecule has 1 aromatic rings. The molecule has 98 valence electrons. The average Bonchev–Trinajstić information content (AvgIpc) is 2.46. The number of carbonyl (C=O) groups is 1. The second-order valence-electron chi connectivity index (χ2n) is 4.78. The van der Waals surface area contributed by atoms with Crippen molar-refractivity contribution in [3.8, 4) is 0 Å². The lowest BCUT2D eigenvalue weighted by Crippen LogP contribution is -2.44. The predicted octanol–water partition coefficient (Wildman–Crippen LogP) is 1.90. The summed E-state index contributed by atoms with van der Waals surface area (Å²) in [6.45, 7) is 4.04. The lowest BCUT2D eigenvalue weighted by molar-refractivity contribution is -0.137. The molecule has 2 heterocycles. The first-order valence-electron chi connectivity index (χ1n) is 6.52. The van der Waals surface area contributed by atoms with Crippen LogP contribution < -0.4 is 5.32 Å². The molecule has 4 heteroatoms. The average molecular weight is 248 g/mol. The van der Waals surface area contributed by atoms with E-state index in [0.717, 1.165) is 24.8 Å². The first-order valence-corrected chi connectivity index (χ1v) is 6.52. The first kappa shape index (κ1) is 13.0. The number of pyridine rings is 1. The zero-order valence-electron chi connectivity index (χ0n) is 10.8. The Morgan fingerprint density at radius 2 is 2.06 bits per heavy atom. The van der Waals surface area contributed by atoms with Gasteiger partial charge in [0.1, 0.15) is 0 Å². The van der Waals surface area contributed by atoms with Crippen LogP contribution in [-0.4, -0.2) is 24.1 Å². The van der Waals surface area contributed by atoms with Crippen LogP contribution in [0.15, 0.2) is 24.5 Å². The Balaban J connectivity index is 1.94. The molecule has 1 aromatic heterocycles. The highest BCUT2D eigenvalue weighted by Crippen LogP contribution is 2.34. The number of amides is 1. The van der Waals surface area contributed by atoms with Crippen LogP contribution in [0.2, 0.25) is 0 Å². The summed E-state index contributed by atoms with van der Waals surface area (Å²) in [5.41, 5.74) is 0.849. The minimum atomic E-state index is -0.231. The van der Waals surface area contributed by atoms with Crippen molar-refractivity contribution >= 4 is 5.91 Å². The van der Waals surface area contributed by atoms with E-state index in [-0.39, 0.29) is 11.3 Å². The highest BCUT2D eigenvalue weighted by molar-refractivity contribution is 5.82. The molecule has 0 radical (unpaired) electrons. The number of carbonyl (C=O) groups excluding carboxylic acids is 1. The topological polar surface area (TPSA) is 51.2 Å². The molecule has 1 N–H and O–H groups in total.